The summed E-state index contributed by atoms with van der Waals surface area (Å²) in [4.78, 5) is 13.7. The quantitative estimate of drug-likeness (QED) is 0.853. The van der Waals surface area contributed by atoms with Crippen molar-refractivity contribution < 1.29 is 4.79 Å². The van der Waals surface area contributed by atoms with Gasteiger partial charge in [0.05, 0.1) is 10.6 Å². The Labute approximate surface area is 111 Å². The number of anilines is 1. The average molecular weight is 259 g/mol. The fourth-order valence-corrected chi connectivity index (χ4v) is 3.07. The third-order valence-electron chi connectivity index (χ3n) is 3.13. The van der Waals surface area contributed by atoms with Crippen LogP contribution in [-0.2, 0) is 6.42 Å². The number of carbonyl (C=O) groups is 1. The molecule has 0 bridgehead atoms. The smallest absolute Gasteiger partial charge is 0.196 e. The van der Waals surface area contributed by atoms with Crippen LogP contribution in [0.1, 0.15) is 38.8 Å². The Hall–Kier alpha value is -1.61. The fourth-order valence-electron chi connectivity index (χ4n) is 2.05. The summed E-state index contributed by atoms with van der Waals surface area (Å²) in [5.41, 5.74) is 9.55. The third kappa shape index (κ3) is 2.18. The highest BCUT2D eigenvalue weighted by atomic mass is 32.1. The van der Waals surface area contributed by atoms with Crippen LogP contribution >= 0.6 is 11.3 Å². The van der Waals surface area contributed by atoms with Gasteiger partial charge in [-0.25, -0.2) is 0 Å². The minimum atomic E-state index is 0.0287. The molecule has 2 nitrogen and oxygen atoms in total. The lowest BCUT2D eigenvalue weighted by atomic mass is 10.00. The lowest BCUT2D eigenvalue weighted by molar-refractivity contribution is 0.103. The van der Waals surface area contributed by atoms with Crippen LogP contribution in [-0.4, -0.2) is 5.78 Å². The molecule has 0 saturated heterocycles. The predicted octanol–water partition coefficient (Wildman–Crippen LogP) is 3.74. The Bertz CT molecular complexity index is 581. The maximum Gasteiger partial charge on any atom is 0.196 e. The minimum Gasteiger partial charge on any atom is -0.390 e. The zero-order valence-electron chi connectivity index (χ0n) is 10.9. The molecule has 1 heterocycles. The van der Waals surface area contributed by atoms with Gasteiger partial charge in [-0.05, 0) is 25.8 Å². The van der Waals surface area contributed by atoms with Crippen LogP contribution in [0.25, 0.3) is 0 Å². The highest BCUT2D eigenvalue weighted by Gasteiger charge is 2.19. The molecule has 0 aliphatic rings. The number of nitrogen functional groups attached to an aromatic ring is 1. The molecule has 94 valence electrons. The summed E-state index contributed by atoms with van der Waals surface area (Å²) in [5, 5.41) is 0.634. The second-order valence-electron chi connectivity index (χ2n) is 4.44. The van der Waals surface area contributed by atoms with Crippen molar-refractivity contribution >= 4 is 22.1 Å². The second kappa shape index (κ2) is 4.94. The Morgan fingerprint density at radius 2 is 1.83 bits per heavy atom. The van der Waals surface area contributed by atoms with Gasteiger partial charge in [-0.1, -0.05) is 36.8 Å². The van der Waals surface area contributed by atoms with Crippen molar-refractivity contribution in [1.82, 2.24) is 0 Å². The largest absolute Gasteiger partial charge is 0.390 e. The maximum absolute atomic E-state index is 12.5. The zero-order chi connectivity index (χ0) is 13.3. The van der Waals surface area contributed by atoms with Crippen LogP contribution in [0, 0.1) is 13.8 Å². The zero-order valence-corrected chi connectivity index (χ0v) is 11.7. The molecule has 3 heteroatoms. The van der Waals surface area contributed by atoms with Gasteiger partial charge < -0.3 is 5.73 Å². The first-order valence-corrected chi connectivity index (χ1v) is 6.85. The minimum absolute atomic E-state index is 0.0287. The molecule has 0 aliphatic heterocycles. The van der Waals surface area contributed by atoms with Crippen molar-refractivity contribution in [1.29, 1.82) is 0 Å². The lowest BCUT2D eigenvalue weighted by Crippen LogP contribution is -2.04. The summed E-state index contributed by atoms with van der Waals surface area (Å²) in [6.45, 7) is 6.07. The van der Waals surface area contributed by atoms with Gasteiger partial charge in [0.1, 0.15) is 0 Å². The van der Waals surface area contributed by atoms with Crippen molar-refractivity contribution in [2.75, 3.05) is 5.73 Å². The van der Waals surface area contributed by atoms with Gasteiger partial charge in [0.25, 0.3) is 0 Å². The number of carbonyl (C=O) groups excluding carboxylic acids is 1. The van der Waals surface area contributed by atoms with Crippen molar-refractivity contribution in [2.45, 2.75) is 27.2 Å². The number of benzene rings is 1. The van der Waals surface area contributed by atoms with Gasteiger partial charge in [-0.2, -0.15) is 0 Å². The van der Waals surface area contributed by atoms with Gasteiger partial charge in [-0.15, -0.1) is 11.3 Å². The molecule has 0 saturated carbocycles. The molecule has 2 aromatic rings. The molecule has 18 heavy (non-hydrogen) atoms. The molecular weight excluding hydrogens is 242 g/mol. The molecule has 1 aromatic heterocycles. The van der Waals surface area contributed by atoms with E-state index in [1.54, 1.807) is 0 Å². The predicted molar refractivity (Wildman–Crippen MR) is 77.5 cm³/mol. The van der Waals surface area contributed by atoms with E-state index in [1.807, 2.05) is 38.1 Å². The van der Waals surface area contributed by atoms with Crippen LogP contribution < -0.4 is 5.73 Å². The maximum atomic E-state index is 12.5. The highest BCUT2D eigenvalue weighted by Crippen LogP contribution is 2.32. The van der Waals surface area contributed by atoms with Gasteiger partial charge >= 0.3 is 0 Å². The summed E-state index contributed by atoms with van der Waals surface area (Å²) < 4.78 is 0. The topological polar surface area (TPSA) is 43.1 Å². The summed E-state index contributed by atoms with van der Waals surface area (Å²) in [7, 11) is 0. The third-order valence-corrected chi connectivity index (χ3v) is 4.40. The fraction of sp³-hybridized carbons (Fsp3) is 0.267. The van der Waals surface area contributed by atoms with E-state index in [9.17, 15) is 4.79 Å². The van der Waals surface area contributed by atoms with E-state index in [4.69, 9.17) is 5.73 Å². The first-order chi connectivity index (χ1) is 8.54. The van der Waals surface area contributed by atoms with Crippen molar-refractivity contribution in [3.8, 4) is 0 Å². The van der Waals surface area contributed by atoms with Gasteiger partial charge in [0.15, 0.2) is 5.78 Å². The Balaban J connectivity index is 2.46. The molecular formula is C15H17NOS. The molecule has 0 aliphatic carbocycles. The molecule has 2 rings (SSSR count). The van der Waals surface area contributed by atoms with E-state index in [2.05, 4.69) is 6.92 Å². The van der Waals surface area contributed by atoms with Crippen LogP contribution in [0.4, 0.5) is 5.00 Å². The molecule has 2 N–H and O–H groups in total. The number of nitrogens with two attached hydrogens (primary N) is 1. The van der Waals surface area contributed by atoms with Gasteiger partial charge in [0.2, 0.25) is 0 Å². The summed E-state index contributed by atoms with van der Waals surface area (Å²) in [6, 6.07) is 7.62. The lowest BCUT2D eigenvalue weighted by Gasteiger charge is -2.03. The van der Waals surface area contributed by atoms with Crippen LogP contribution in [0.15, 0.2) is 24.3 Å². The Morgan fingerprint density at radius 3 is 2.33 bits per heavy atom. The average Bonchev–Trinajstić information content (AvgIpc) is 2.64. The normalized spacial score (nSPS) is 10.6. The first kappa shape index (κ1) is 12.8. The number of ketones is 1. The molecule has 0 unspecified atom stereocenters. The van der Waals surface area contributed by atoms with E-state index >= 15 is 0 Å². The summed E-state index contributed by atoms with van der Waals surface area (Å²) >= 11 is 1.52. The van der Waals surface area contributed by atoms with Crippen LogP contribution in [0.5, 0.6) is 0 Å². The van der Waals surface area contributed by atoms with E-state index in [1.165, 1.54) is 16.2 Å². The number of thiophene rings is 1. The van der Waals surface area contributed by atoms with Crippen molar-refractivity contribution in [2.24, 2.45) is 0 Å². The first-order valence-electron chi connectivity index (χ1n) is 6.03. The molecule has 0 atom stereocenters. The highest BCUT2D eigenvalue weighted by molar-refractivity contribution is 7.16. The van der Waals surface area contributed by atoms with E-state index in [0.29, 0.717) is 16.1 Å². The SMILES string of the molecule is CCc1sc(N)c(C(=O)c2ccc(C)cc2)c1C. The van der Waals surface area contributed by atoms with E-state index in [0.717, 1.165) is 17.5 Å². The number of aryl methyl sites for hydroxylation is 2. The second-order valence-corrected chi connectivity index (χ2v) is 5.57. The standard InChI is InChI=1S/C15H17NOS/c1-4-12-10(3)13(15(16)18-12)14(17)11-7-5-9(2)6-8-11/h5-8H,4,16H2,1-3H3. The monoisotopic (exact) mass is 259 g/mol. The van der Waals surface area contributed by atoms with E-state index < -0.39 is 0 Å². The molecule has 0 spiro atoms. The van der Waals surface area contributed by atoms with Crippen LogP contribution in [0.2, 0.25) is 0 Å². The molecule has 0 amide bonds. The Morgan fingerprint density at radius 1 is 1.22 bits per heavy atom. The Kier molecular flexibility index (Phi) is 3.53. The van der Waals surface area contributed by atoms with Crippen molar-refractivity contribution in [3.63, 3.8) is 0 Å². The number of hydrogen-bond donors (Lipinski definition) is 1. The molecule has 0 fully saturated rings. The van der Waals surface area contributed by atoms with E-state index in [-0.39, 0.29) is 5.78 Å². The van der Waals surface area contributed by atoms with Crippen LogP contribution in [0.3, 0.4) is 0 Å². The van der Waals surface area contributed by atoms with Gasteiger partial charge in [-0.3, -0.25) is 4.79 Å². The summed E-state index contributed by atoms with van der Waals surface area (Å²) in [6.07, 6.45) is 0.919. The number of hydrogen-bond acceptors (Lipinski definition) is 3. The van der Waals surface area contributed by atoms with Crippen molar-refractivity contribution in [3.05, 3.63) is 51.4 Å². The van der Waals surface area contributed by atoms with Gasteiger partial charge in [0, 0.05) is 10.4 Å². The summed E-state index contributed by atoms with van der Waals surface area (Å²) in [5.74, 6) is 0.0287. The molecule has 0 radical (unpaired) electrons. The number of rotatable bonds is 3. The molecule has 1 aromatic carbocycles.